The highest BCUT2D eigenvalue weighted by molar-refractivity contribution is 5.83. The first-order valence-corrected chi connectivity index (χ1v) is 8.87. The van der Waals surface area contributed by atoms with Crippen LogP contribution in [-0.2, 0) is 22.5 Å². The zero-order valence-corrected chi connectivity index (χ0v) is 15.8. The van der Waals surface area contributed by atoms with Gasteiger partial charge in [-0.2, -0.15) is 15.0 Å². The van der Waals surface area contributed by atoms with Gasteiger partial charge >= 0.3 is 12.0 Å². The van der Waals surface area contributed by atoms with Crippen LogP contribution in [0.4, 0.5) is 5.82 Å². The molecule has 0 atom stereocenters. The summed E-state index contributed by atoms with van der Waals surface area (Å²) >= 11 is 0. The average molecular weight is 386 g/mol. The van der Waals surface area contributed by atoms with Crippen molar-refractivity contribution in [1.82, 2.24) is 24.5 Å². The van der Waals surface area contributed by atoms with Crippen LogP contribution in [0.25, 0.3) is 11.2 Å². The zero-order valence-electron chi connectivity index (χ0n) is 15.8. The highest BCUT2D eigenvalue weighted by Gasteiger charge is 2.17. The molecule has 3 aromatic rings. The lowest BCUT2D eigenvalue weighted by molar-refractivity contribution is -0.139. The van der Waals surface area contributed by atoms with E-state index >= 15 is 0 Å². The number of imidazole rings is 1. The van der Waals surface area contributed by atoms with Gasteiger partial charge in [-0.15, -0.1) is 0 Å². The van der Waals surface area contributed by atoms with E-state index in [0.29, 0.717) is 23.3 Å². The van der Waals surface area contributed by atoms with E-state index in [0.717, 1.165) is 18.4 Å². The second-order valence-electron chi connectivity index (χ2n) is 6.22. The molecule has 0 radical (unpaired) electrons. The number of aromatic nitrogens is 5. The first-order valence-electron chi connectivity index (χ1n) is 8.87. The number of methoxy groups -OCH3 is 1. The molecule has 0 aliphatic rings. The minimum atomic E-state index is -0.357. The molecule has 10 heteroatoms. The number of unbranched alkanes of at least 4 members (excludes halogenated alkanes) is 1. The molecule has 0 bridgehead atoms. The molecule has 0 aromatic carbocycles. The van der Waals surface area contributed by atoms with Gasteiger partial charge in [-0.25, -0.2) is 0 Å². The van der Waals surface area contributed by atoms with Gasteiger partial charge in [0.2, 0.25) is 0 Å². The standard InChI is InChI=1S/C18H22N6O4/c1-3-4-5-28-17-22-15(19)14-16(23-17)24(18(26)21-14)10-12-6-11(8-20-9-12)7-13(25)27-2/h6,8-9H,3-5,7,10H2,1-2H3,(H,21,26)(H2,19,22,23). The van der Waals surface area contributed by atoms with E-state index in [-0.39, 0.29) is 36.8 Å². The van der Waals surface area contributed by atoms with Gasteiger partial charge in [-0.3, -0.25) is 14.3 Å². The number of hydrogen-bond acceptors (Lipinski definition) is 9. The number of fused-ring (bicyclic) bond motifs is 1. The lowest BCUT2D eigenvalue weighted by Gasteiger charge is -2.08. The molecule has 0 amide bonds. The fourth-order valence-electron chi connectivity index (χ4n) is 2.65. The van der Waals surface area contributed by atoms with Crippen molar-refractivity contribution in [1.29, 1.82) is 0 Å². The summed E-state index contributed by atoms with van der Waals surface area (Å²) in [6, 6.07) is 1.69. The number of ether oxygens (including phenoxy) is 2. The number of esters is 1. The molecule has 0 unspecified atom stereocenters. The van der Waals surface area contributed by atoms with Crippen LogP contribution in [-0.4, -0.2) is 49.3 Å². The van der Waals surface area contributed by atoms with Crippen LogP contribution in [0.2, 0.25) is 0 Å². The van der Waals surface area contributed by atoms with Crippen molar-refractivity contribution in [2.45, 2.75) is 32.7 Å². The van der Waals surface area contributed by atoms with Crippen molar-refractivity contribution >= 4 is 23.0 Å². The van der Waals surface area contributed by atoms with Gasteiger partial charge in [0.25, 0.3) is 6.01 Å². The van der Waals surface area contributed by atoms with E-state index in [1.807, 2.05) is 0 Å². The van der Waals surface area contributed by atoms with Gasteiger partial charge in [-0.05, 0) is 17.5 Å². The van der Waals surface area contributed by atoms with Gasteiger partial charge in [0, 0.05) is 12.4 Å². The van der Waals surface area contributed by atoms with Crippen molar-refractivity contribution in [2.24, 2.45) is 0 Å². The van der Waals surface area contributed by atoms with Crippen molar-refractivity contribution in [3.63, 3.8) is 0 Å². The first kappa shape index (κ1) is 19.3. The fraction of sp³-hybridized carbons (Fsp3) is 0.389. The molecule has 0 fully saturated rings. The number of nitrogens with zero attached hydrogens (tertiary/aromatic N) is 5. The summed E-state index contributed by atoms with van der Waals surface area (Å²) < 4.78 is 11.7. The van der Waals surface area contributed by atoms with E-state index in [2.05, 4.69) is 31.6 Å². The molecular formula is C18H22N6O4. The molecule has 148 valence electrons. The summed E-state index contributed by atoms with van der Waals surface area (Å²) in [4.78, 5) is 28.1. The summed E-state index contributed by atoms with van der Waals surface area (Å²) in [5, 5.41) is 10.3. The fourth-order valence-corrected chi connectivity index (χ4v) is 2.65. The van der Waals surface area contributed by atoms with Gasteiger partial charge in [0.05, 0.1) is 26.7 Å². The van der Waals surface area contributed by atoms with Gasteiger partial charge in [-0.1, -0.05) is 19.4 Å². The Bertz CT molecular complexity index is 988. The number of aromatic hydroxyl groups is 1. The average Bonchev–Trinajstić information content (AvgIpc) is 2.98. The van der Waals surface area contributed by atoms with E-state index < -0.39 is 0 Å². The van der Waals surface area contributed by atoms with Crippen molar-refractivity contribution in [3.8, 4) is 12.0 Å². The number of carbonyl (C=O) groups is 1. The van der Waals surface area contributed by atoms with E-state index in [9.17, 15) is 9.90 Å². The van der Waals surface area contributed by atoms with Crippen LogP contribution in [0.3, 0.4) is 0 Å². The summed E-state index contributed by atoms with van der Waals surface area (Å²) in [7, 11) is 1.33. The Labute approximate surface area is 161 Å². The summed E-state index contributed by atoms with van der Waals surface area (Å²) in [6.45, 7) is 2.76. The molecule has 28 heavy (non-hydrogen) atoms. The van der Waals surface area contributed by atoms with Crippen molar-refractivity contribution in [3.05, 3.63) is 29.6 Å². The second-order valence-corrected chi connectivity index (χ2v) is 6.22. The highest BCUT2D eigenvalue weighted by atomic mass is 16.5. The van der Waals surface area contributed by atoms with Gasteiger partial charge in [0.15, 0.2) is 17.0 Å². The zero-order chi connectivity index (χ0) is 20.1. The van der Waals surface area contributed by atoms with Crippen LogP contribution in [0.15, 0.2) is 18.5 Å². The van der Waals surface area contributed by atoms with Crippen LogP contribution in [0, 0.1) is 0 Å². The maximum Gasteiger partial charge on any atom is 0.320 e. The normalized spacial score (nSPS) is 10.9. The molecule has 0 saturated heterocycles. The van der Waals surface area contributed by atoms with Crippen LogP contribution in [0.5, 0.6) is 12.0 Å². The smallest absolute Gasteiger partial charge is 0.320 e. The molecule has 3 rings (SSSR count). The number of nitrogens with two attached hydrogens (primary N) is 1. The third-order valence-electron chi connectivity index (χ3n) is 4.08. The molecule has 0 spiro atoms. The lowest BCUT2D eigenvalue weighted by atomic mass is 10.1. The number of anilines is 1. The predicted octanol–water partition coefficient (Wildman–Crippen LogP) is 1.45. The van der Waals surface area contributed by atoms with E-state index in [4.69, 9.17) is 10.5 Å². The molecule has 0 saturated carbocycles. The summed E-state index contributed by atoms with van der Waals surface area (Å²) in [6.07, 6.45) is 5.18. The second kappa shape index (κ2) is 8.51. The summed E-state index contributed by atoms with van der Waals surface area (Å²) in [5.41, 5.74) is 8.05. The number of rotatable bonds is 8. The molecule has 0 aliphatic carbocycles. The molecule has 0 aliphatic heterocycles. The monoisotopic (exact) mass is 386 g/mol. The predicted molar refractivity (Wildman–Crippen MR) is 101 cm³/mol. The summed E-state index contributed by atoms with van der Waals surface area (Å²) in [5.74, 6) is -0.229. The number of hydrogen-bond donors (Lipinski definition) is 2. The Kier molecular flexibility index (Phi) is 5.87. The maximum absolute atomic E-state index is 11.5. The van der Waals surface area contributed by atoms with Crippen molar-refractivity contribution < 1.29 is 19.4 Å². The van der Waals surface area contributed by atoms with Crippen molar-refractivity contribution in [2.75, 3.05) is 19.5 Å². The van der Waals surface area contributed by atoms with Crippen LogP contribution >= 0.6 is 0 Å². The van der Waals surface area contributed by atoms with Crippen LogP contribution < -0.4 is 10.5 Å². The Balaban J connectivity index is 1.91. The third-order valence-corrected chi connectivity index (χ3v) is 4.08. The Hall–Kier alpha value is -3.43. The molecule has 3 N–H and O–H groups in total. The Morgan fingerprint density at radius 2 is 2.04 bits per heavy atom. The largest absolute Gasteiger partial charge is 0.480 e. The quantitative estimate of drug-likeness (QED) is 0.435. The molecule has 3 aromatic heterocycles. The number of carbonyl (C=O) groups excluding carboxylic acids is 1. The number of pyridine rings is 1. The highest BCUT2D eigenvalue weighted by Crippen LogP contribution is 2.25. The van der Waals surface area contributed by atoms with E-state index in [1.54, 1.807) is 18.5 Å². The minimum absolute atomic E-state index is 0.110. The molecular weight excluding hydrogens is 364 g/mol. The van der Waals surface area contributed by atoms with Gasteiger partial charge in [0.1, 0.15) is 0 Å². The Morgan fingerprint density at radius 3 is 2.79 bits per heavy atom. The minimum Gasteiger partial charge on any atom is -0.480 e. The maximum atomic E-state index is 11.5. The van der Waals surface area contributed by atoms with E-state index in [1.165, 1.54) is 11.7 Å². The molecule has 3 heterocycles. The van der Waals surface area contributed by atoms with Gasteiger partial charge < -0.3 is 20.3 Å². The first-order chi connectivity index (χ1) is 13.5. The number of nitrogen functional groups attached to an aromatic ring is 1. The lowest BCUT2D eigenvalue weighted by Crippen LogP contribution is -2.07. The topological polar surface area (TPSA) is 138 Å². The Morgan fingerprint density at radius 1 is 1.25 bits per heavy atom. The van der Waals surface area contributed by atoms with Crippen LogP contribution in [0.1, 0.15) is 30.9 Å². The molecule has 10 nitrogen and oxygen atoms in total. The third kappa shape index (κ3) is 4.27. The SMILES string of the molecule is CCCCOc1nc(N)c2nc(O)n(Cc3cncc(CC(=O)OC)c3)c2n1.